The molecule has 2 heterocycles. The maximum atomic E-state index is 13.5. The van der Waals surface area contributed by atoms with Crippen LogP contribution < -0.4 is 0 Å². The highest BCUT2D eigenvalue weighted by Gasteiger charge is 2.40. The van der Waals surface area contributed by atoms with E-state index in [1.54, 1.807) is 4.90 Å². The average Bonchev–Trinajstić information content (AvgIpc) is 3.28. The van der Waals surface area contributed by atoms with Gasteiger partial charge in [-0.05, 0) is 55.3 Å². The average molecular weight is 554 g/mol. The van der Waals surface area contributed by atoms with Gasteiger partial charge in [0, 0.05) is 57.8 Å². The van der Waals surface area contributed by atoms with Crippen LogP contribution in [0.4, 0.5) is 4.79 Å². The third-order valence-corrected chi connectivity index (χ3v) is 9.52. The Morgan fingerprint density at radius 3 is 2.25 bits per heavy atom. The predicted molar refractivity (Wildman–Crippen MR) is 145 cm³/mol. The molecule has 0 aliphatic carbocycles. The summed E-state index contributed by atoms with van der Waals surface area (Å²) in [5, 5.41) is 1.02. The van der Waals surface area contributed by atoms with Crippen LogP contribution in [0, 0.1) is 13.8 Å². The monoisotopic (exact) mass is 552 g/mol. The molecule has 2 saturated heterocycles. The van der Waals surface area contributed by atoms with Crippen LogP contribution in [0.3, 0.4) is 0 Å². The van der Waals surface area contributed by atoms with Crippen LogP contribution in [0.2, 0.25) is 10.0 Å². The number of nitrogens with zero attached hydrogens (tertiary/aromatic N) is 4. The Balaban J connectivity index is 1.53. The summed E-state index contributed by atoms with van der Waals surface area (Å²) >= 11 is 12.5. The third-order valence-electron chi connectivity index (χ3n) is 7.48. The lowest BCUT2D eigenvalue weighted by Gasteiger charge is -2.35. The van der Waals surface area contributed by atoms with Gasteiger partial charge < -0.3 is 9.80 Å². The van der Waals surface area contributed by atoms with Gasteiger partial charge in [-0.25, -0.2) is 13.2 Å². The molecule has 0 N–H and O–H groups in total. The fourth-order valence-electron chi connectivity index (χ4n) is 5.18. The fourth-order valence-corrected chi connectivity index (χ4v) is 6.31. The highest BCUT2D eigenvalue weighted by molar-refractivity contribution is 7.88. The Hall–Kier alpha value is -1.84. The number of carbonyl (C=O) groups is 1. The number of urea groups is 1. The normalized spacial score (nSPS) is 21.4. The second kappa shape index (κ2) is 10.9. The van der Waals surface area contributed by atoms with Gasteiger partial charge in [-0.2, -0.15) is 4.31 Å². The van der Waals surface area contributed by atoms with Crippen LogP contribution >= 0.6 is 23.2 Å². The zero-order valence-corrected chi connectivity index (χ0v) is 23.6. The van der Waals surface area contributed by atoms with E-state index in [0.29, 0.717) is 49.3 Å². The van der Waals surface area contributed by atoms with E-state index < -0.39 is 10.0 Å². The highest BCUT2D eigenvalue weighted by atomic mass is 35.5. The number of rotatable bonds is 5. The first-order valence-corrected chi connectivity index (χ1v) is 14.7. The number of amides is 2. The van der Waals surface area contributed by atoms with Crippen LogP contribution in [0.15, 0.2) is 36.4 Å². The summed E-state index contributed by atoms with van der Waals surface area (Å²) in [6.07, 6.45) is 1.21. The molecule has 7 nitrogen and oxygen atoms in total. The van der Waals surface area contributed by atoms with Crippen molar-refractivity contribution in [3.63, 3.8) is 0 Å². The lowest BCUT2D eigenvalue weighted by molar-refractivity contribution is 0.138. The number of hydrogen-bond acceptors (Lipinski definition) is 4. The largest absolute Gasteiger partial charge is 0.322 e. The van der Waals surface area contributed by atoms with Crippen LogP contribution in [0.1, 0.15) is 28.2 Å². The summed E-state index contributed by atoms with van der Waals surface area (Å²) in [6, 6.07) is 12.3. The number of likely N-dealkylation sites (tertiary alicyclic amines) is 1. The van der Waals surface area contributed by atoms with Gasteiger partial charge in [-0.1, -0.05) is 47.5 Å². The first-order chi connectivity index (χ1) is 16.9. The zero-order chi connectivity index (χ0) is 26.2. The van der Waals surface area contributed by atoms with Crippen molar-refractivity contribution >= 4 is 39.3 Å². The van der Waals surface area contributed by atoms with Crippen molar-refractivity contribution in [3.05, 3.63) is 68.7 Å². The Kier molecular flexibility index (Phi) is 8.22. The fraction of sp³-hybridized carbons (Fsp3) is 0.500. The molecule has 0 spiro atoms. The summed E-state index contributed by atoms with van der Waals surface area (Å²) in [5.41, 5.74) is 4.82. The Bertz CT molecular complexity index is 1230. The van der Waals surface area contributed by atoms with E-state index in [1.165, 1.54) is 27.3 Å². The highest BCUT2D eigenvalue weighted by Crippen LogP contribution is 2.35. The van der Waals surface area contributed by atoms with E-state index in [2.05, 4.69) is 44.0 Å². The lowest BCUT2D eigenvalue weighted by atomic mass is 9.93. The topological polar surface area (TPSA) is 64.2 Å². The van der Waals surface area contributed by atoms with Gasteiger partial charge in [0.1, 0.15) is 0 Å². The smallest absolute Gasteiger partial charge is 0.320 e. The zero-order valence-electron chi connectivity index (χ0n) is 21.2. The van der Waals surface area contributed by atoms with Crippen molar-refractivity contribution in [1.29, 1.82) is 0 Å². The summed E-state index contributed by atoms with van der Waals surface area (Å²) in [6.45, 7) is 7.57. The molecule has 2 aliphatic heterocycles. The summed E-state index contributed by atoms with van der Waals surface area (Å²) in [5.74, 6) is 0.0672. The standard InChI is InChI=1S/C26H34Cl2N4O3S/c1-18-5-6-20(13-19(18)2)15-29(3)25-17-31(16-22(25)21-7-8-23(27)24(28)14-21)26(33)30-9-11-32(12-10-30)36(4,34)35/h5-8,13-14,22,25H,9-12,15-17H2,1-4H3/t22-,25+/m1/s1. The molecule has 0 aromatic heterocycles. The third kappa shape index (κ3) is 6.00. The Morgan fingerprint density at radius 1 is 0.944 bits per heavy atom. The van der Waals surface area contributed by atoms with Crippen LogP contribution in [-0.2, 0) is 16.6 Å². The van der Waals surface area contributed by atoms with Gasteiger partial charge >= 0.3 is 6.03 Å². The summed E-state index contributed by atoms with van der Waals surface area (Å²) < 4.78 is 25.2. The number of sulfonamides is 1. The van der Waals surface area contributed by atoms with E-state index in [0.717, 1.165) is 12.1 Å². The number of hydrogen-bond donors (Lipinski definition) is 0. The molecule has 2 amide bonds. The minimum absolute atomic E-state index is 0.0460. The molecule has 36 heavy (non-hydrogen) atoms. The van der Waals surface area contributed by atoms with E-state index in [4.69, 9.17) is 23.2 Å². The lowest BCUT2D eigenvalue weighted by Crippen LogP contribution is -2.53. The number of benzene rings is 2. The number of aryl methyl sites for hydroxylation is 2. The molecule has 10 heteroatoms. The van der Waals surface area contributed by atoms with Gasteiger partial charge in [0.2, 0.25) is 10.0 Å². The quantitative estimate of drug-likeness (QED) is 0.557. The van der Waals surface area contributed by atoms with E-state index >= 15 is 0 Å². The maximum absolute atomic E-state index is 13.5. The van der Waals surface area contributed by atoms with Crippen molar-refractivity contribution < 1.29 is 13.2 Å². The molecule has 0 saturated carbocycles. The summed E-state index contributed by atoms with van der Waals surface area (Å²) in [4.78, 5) is 19.4. The molecule has 196 valence electrons. The molecular weight excluding hydrogens is 519 g/mol. The van der Waals surface area contributed by atoms with Crippen LogP contribution in [0.5, 0.6) is 0 Å². The number of piperazine rings is 1. The van der Waals surface area contributed by atoms with Gasteiger partial charge in [0.05, 0.1) is 16.3 Å². The number of likely N-dealkylation sites (N-methyl/N-ethyl adjacent to an activating group) is 1. The van der Waals surface area contributed by atoms with Crippen LogP contribution in [-0.4, -0.2) is 92.1 Å². The first-order valence-electron chi connectivity index (χ1n) is 12.1. The van der Waals surface area contributed by atoms with Gasteiger partial charge in [0.25, 0.3) is 0 Å². The van der Waals surface area contributed by atoms with Gasteiger partial charge in [-0.3, -0.25) is 4.90 Å². The molecule has 0 bridgehead atoms. The van der Waals surface area contributed by atoms with Gasteiger partial charge in [-0.15, -0.1) is 0 Å². The molecule has 2 aromatic rings. The molecule has 2 aliphatic rings. The molecule has 0 unspecified atom stereocenters. The van der Waals surface area contributed by atoms with Crippen molar-refractivity contribution in [3.8, 4) is 0 Å². The number of carbonyl (C=O) groups excluding carboxylic acids is 1. The first kappa shape index (κ1) is 27.2. The summed E-state index contributed by atoms with van der Waals surface area (Å²) in [7, 11) is -1.15. The molecule has 2 fully saturated rings. The van der Waals surface area contributed by atoms with Crippen LogP contribution in [0.25, 0.3) is 0 Å². The molecule has 4 rings (SSSR count). The SMILES string of the molecule is Cc1ccc(CN(C)[C@H]2CN(C(=O)N3CCN(S(C)(=O)=O)CC3)C[C@@H]2c2ccc(Cl)c(Cl)c2)cc1C. The minimum atomic E-state index is -3.25. The van der Waals surface area contributed by atoms with E-state index in [1.807, 2.05) is 23.1 Å². The maximum Gasteiger partial charge on any atom is 0.320 e. The Labute approximate surface area is 224 Å². The van der Waals surface area contributed by atoms with Crippen molar-refractivity contribution in [2.45, 2.75) is 32.4 Å². The second-order valence-electron chi connectivity index (χ2n) is 10.0. The molecule has 2 aromatic carbocycles. The van der Waals surface area contributed by atoms with Crippen molar-refractivity contribution in [2.75, 3.05) is 52.6 Å². The second-order valence-corrected chi connectivity index (χ2v) is 12.8. The number of halogens is 2. The molecule has 2 atom stereocenters. The molecular formula is C26H34Cl2N4O3S. The van der Waals surface area contributed by atoms with Gasteiger partial charge in [0.15, 0.2) is 0 Å². The molecule has 0 radical (unpaired) electrons. The predicted octanol–water partition coefficient (Wildman–Crippen LogP) is 4.21. The Morgan fingerprint density at radius 2 is 1.64 bits per heavy atom. The van der Waals surface area contributed by atoms with Crippen molar-refractivity contribution in [2.24, 2.45) is 0 Å². The minimum Gasteiger partial charge on any atom is -0.322 e. The van der Waals surface area contributed by atoms with E-state index in [9.17, 15) is 13.2 Å². The van der Waals surface area contributed by atoms with Crippen molar-refractivity contribution in [1.82, 2.24) is 19.0 Å². The van der Waals surface area contributed by atoms with E-state index in [-0.39, 0.29) is 18.0 Å².